The van der Waals surface area contributed by atoms with Crippen molar-refractivity contribution >= 4 is 22.2 Å². The highest BCUT2D eigenvalue weighted by Crippen LogP contribution is 2.44. The van der Waals surface area contributed by atoms with Gasteiger partial charge in [-0.3, -0.25) is 0 Å². The monoisotopic (exact) mass is 252 g/mol. The molecule has 1 saturated carbocycles. The van der Waals surface area contributed by atoms with Crippen molar-refractivity contribution < 1.29 is 4.79 Å². The lowest BCUT2D eigenvalue weighted by atomic mass is 9.92. The Bertz CT molecular complexity index is 331. The molecule has 0 bridgehead atoms. The molecule has 0 heterocycles. The third-order valence-corrected chi connectivity index (χ3v) is 3.31. The van der Waals surface area contributed by atoms with Gasteiger partial charge < -0.3 is 4.79 Å². The Morgan fingerprint density at radius 3 is 2.86 bits per heavy atom. The van der Waals surface area contributed by atoms with Gasteiger partial charge in [0.1, 0.15) is 6.29 Å². The Hall–Kier alpha value is -0.630. The Morgan fingerprint density at radius 1 is 1.50 bits per heavy atom. The summed E-state index contributed by atoms with van der Waals surface area (Å²) in [4.78, 5) is 10.6. The predicted octanol–water partition coefficient (Wildman–Crippen LogP) is 3.53. The highest BCUT2D eigenvalue weighted by molar-refractivity contribution is 9.10. The van der Waals surface area contributed by atoms with Crippen LogP contribution in [0, 0.1) is 5.92 Å². The second-order valence-electron chi connectivity index (χ2n) is 3.90. The molecule has 74 valence electrons. The van der Waals surface area contributed by atoms with Gasteiger partial charge in [0.15, 0.2) is 0 Å². The molecule has 0 radical (unpaired) electrons. The van der Waals surface area contributed by atoms with Crippen LogP contribution >= 0.6 is 15.9 Å². The molecule has 0 N–H and O–H groups in total. The van der Waals surface area contributed by atoms with Crippen molar-refractivity contribution in [3.8, 4) is 0 Å². The quantitative estimate of drug-likeness (QED) is 0.750. The van der Waals surface area contributed by atoms with E-state index in [9.17, 15) is 4.79 Å². The molecule has 1 aromatic rings. The maximum Gasteiger partial charge on any atom is 0.120 e. The van der Waals surface area contributed by atoms with Crippen molar-refractivity contribution in [2.45, 2.75) is 25.2 Å². The van der Waals surface area contributed by atoms with E-state index in [2.05, 4.69) is 28.1 Å². The van der Waals surface area contributed by atoms with Gasteiger partial charge in [-0.1, -0.05) is 28.1 Å². The second-order valence-corrected chi connectivity index (χ2v) is 4.82. The molecule has 0 saturated heterocycles. The summed E-state index contributed by atoms with van der Waals surface area (Å²) in [6, 6.07) is 8.32. The van der Waals surface area contributed by atoms with Crippen LogP contribution in [0.5, 0.6) is 0 Å². The Morgan fingerprint density at radius 2 is 2.29 bits per heavy atom. The highest BCUT2D eigenvalue weighted by Gasteiger charge is 2.31. The fraction of sp³-hybridized carbons (Fsp3) is 0.417. The third kappa shape index (κ3) is 2.24. The van der Waals surface area contributed by atoms with E-state index in [0.717, 1.165) is 16.7 Å². The second kappa shape index (κ2) is 4.26. The standard InChI is InChI=1S/C12H13BrO/c13-11-3-1-2-10(8-11)12(6-7-14)9-4-5-9/h1-3,7-9,12H,4-6H2. The van der Waals surface area contributed by atoms with Crippen molar-refractivity contribution in [1.82, 2.24) is 0 Å². The molecule has 2 rings (SSSR count). The zero-order chi connectivity index (χ0) is 9.97. The first-order valence-electron chi connectivity index (χ1n) is 5.00. The Labute approximate surface area is 92.6 Å². The molecule has 1 nitrogen and oxygen atoms in total. The van der Waals surface area contributed by atoms with Gasteiger partial charge in [-0.25, -0.2) is 0 Å². The number of hydrogen-bond donors (Lipinski definition) is 0. The lowest BCUT2D eigenvalue weighted by molar-refractivity contribution is -0.108. The molecule has 0 aliphatic heterocycles. The molecule has 1 fully saturated rings. The molecule has 0 spiro atoms. The van der Waals surface area contributed by atoms with Crippen LogP contribution < -0.4 is 0 Å². The first kappa shape index (κ1) is 9.91. The van der Waals surface area contributed by atoms with Crippen LogP contribution in [0.4, 0.5) is 0 Å². The molecular weight excluding hydrogens is 240 g/mol. The minimum absolute atomic E-state index is 0.449. The normalized spacial score (nSPS) is 17.8. The Balaban J connectivity index is 2.20. The number of carbonyl (C=O) groups is 1. The average molecular weight is 253 g/mol. The number of hydrogen-bond acceptors (Lipinski definition) is 1. The van der Waals surface area contributed by atoms with E-state index >= 15 is 0 Å². The van der Waals surface area contributed by atoms with Gasteiger partial charge in [0.2, 0.25) is 0 Å². The van der Waals surface area contributed by atoms with Crippen LogP contribution in [0.1, 0.15) is 30.7 Å². The first-order valence-corrected chi connectivity index (χ1v) is 5.79. The van der Waals surface area contributed by atoms with Gasteiger partial charge in [-0.15, -0.1) is 0 Å². The number of carbonyl (C=O) groups excluding carboxylic acids is 1. The van der Waals surface area contributed by atoms with E-state index in [4.69, 9.17) is 0 Å². The van der Waals surface area contributed by atoms with Crippen LogP contribution in [0.15, 0.2) is 28.7 Å². The molecule has 1 atom stereocenters. The summed E-state index contributed by atoms with van der Waals surface area (Å²) in [6.07, 6.45) is 4.28. The van der Waals surface area contributed by atoms with Gasteiger partial charge in [0, 0.05) is 10.9 Å². The van der Waals surface area contributed by atoms with Gasteiger partial charge >= 0.3 is 0 Å². The molecule has 0 aromatic heterocycles. The summed E-state index contributed by atoms with van der Waals surface area (Å²) < 4.78 is 1.10. The molecule has 0 amide bonds. The summed E-state index contributed by atoms with van der Waals surface area (Å²) in [5, 5.41) is 0. The number of aldehydes is 1. The van der Waals surface area contributed by atoms with Crippen LogP contribution in [0.3, 0.4) is 0 Å². The molecule has 14 heavy (non-hydrogen) atoms. The zero-order valence-corrected chi connectivity index (χ0v) is 9.53. The summed E-state index contributed by atoms with van der Waals surface area (Å²) >= 11 is 3.46. The largest absolute Gasteiger partial charge is 0.303 e. The molecular formula is C12H13BrO. The summed E-state index contributed by atoms with van der Waals surface area (Å²) in [7, 11) is 0. The molecule has 2 heteroatoms. The summed E-state index contributed by atoms with van der Waals surface area (Å²) in [6.45, 7) is 0. The van der Waals surface area contributed by atoms with Crippen molar-refractivity contribution in [3.05, 3.63) is 34.3 Å². The van der Waals surface area contributed by atoms with E-state index in [-0.39, 0.29) is 0 Å². The lowest BCUT2D eigenvalue weighted by Gasteiger charge is -2.13. The smallest absolute Gasteiger partial charge is 0.120 e. The van der Waals surface area contributed by atoms with Crippen LogP contribution in [0.25, 0.3) is 0 Å². The molecule has 1 aliphatic rings. The lowest BCUT2D eigenvalue weighted by Crippen LogP contribution is -2.01. The first-order chi connectivity index (χ1) is 6.81. The molecule has 1 unspecified atom stereocenters. The highest BCUT2D eigenvalue weighted by atomic mass is 79.9. The SMILES string of the molecule is O=CCC(c1cccc(Br)c1)C1CC1. The van der Waals surface area contributed by atoms with Crippen LogP contribution in [-0.4, -0.2) is 6.29 Å². The predicted molar refractivity (Wildman–Crippen MR) is 60.3 cm³/mol. The topological polar surface area (TPSA) is 17.1 Å². The van der Waals surface area contributed by atoms with Gasteiger partial charge in [-0.05, 0) is 42.4 Å². The fourth-order valence-electron chi connectivity index (χ4n) is 1.94. The van der Waals surface area contributed by atoms with E-state index in [0.29, 0.717) is 12.3 Å². The van der Waals surface area contributed by atoms with Crippen molar-refractivity contribution in [1.29, 1.82) is 0 Å². The van der Waals surface area contributed by atoms with Gasteiger partial charge in [0.25, 0.3) is 0 Å². The van der Waals surface area contributed by atoms with Crippen molar-refractivity contribution in [2.75, 3.05) is 0 Å². The fourth-order valence-corrected chi connectivity index (χ4v) is 2.36. The maximum atomic E-state index is 10.6. The minimum atomic E-state index is 0.449. The van der Waals surface area contributed by atoms with Crippen LogP contribution in [0.2, 0.25) is 0 Å². The van der Waals surface area contributed by atoms with Gasteiger partial charge in [-0.2, -0.15) is 0 Å². The minimum Gasteiger partial charge on any atom is -0.303 e. The zero-order valence-electron chi connectivity index (χ0n) is 7.95. The third-order valence-electron chi connectivity index (χ3n) is 2.82. The number of benzene rings is 1. The molecule has 1 aliphatic carbocycles. The van der Waals surface area contributed by atoms with Crippen molar-refractivity contribution in [3.63, 3.8) is 0 Å². The number of halogens is 1. The molecule has 1 aromatic carbocycles. The van der Waals surface area contributed by atoms with Gasteiger partial charge in [0.05, 0.1) is 0 Å². The summed E-state index contributed by atoms with van der Waals surface area (Å²) in [5.74, 6) is 1.19. The van der Waals surface area contributed by atoms with E-state index in [1.165, 1.54) is 18.4 Å². The van der Waals surface area contributed by atoms with E-state index in [1.807, 2.05) is 12.1 Å². The van der Waals surface area contributed by atoms with Crippen molar-refractivity contribution in [2.24, 2.45) is 5.92 Å². The van der Waals surface area contributed by atoms with E-state index < -0.39 is 0 Å². The number of rotatable bonds is 4. The van der Waals surface area contributed by atoms with Crippen LogP contribution in [-0.2, 0) is 4.79 Å². The summed E-state index contributed by atoms with van der Waals surface area (Å²) in [5.41, 5.74) is 1.30. The maximum absolute atomic E-state index is 10.6. The van der Waals surface area contributed by atoms with E-state index in [1.54, 1.807) is 0 Å². The average Bonchev–Trinajstić information content (AvgIpc) is 2.97. The Kier molecular flexibility index (Phi) is 3.02.